The van der Waals surface area contributed by atoms with E-state index >= 15 is 0 Å². The summed E-state index contributed by atoms with van der Waals surface area (Å²) in [6.07, 6.45) is 8.40. The van der Waals surface area contributed by atoms with E-state index in [2.05, 4.69) is 28.2 Å². The molecule has 4 heteroatoms. The highest BCUT2D eigenvalue weighted by Gasteiger charge is 2.32. The summed E-state index contributed by atoms with van der Waals surface area (Å²) in [5.41, 5.74) is 2.61. The van der Waals surface area contributed by atoms with Crippen molar-refractivity contribution in [1.82, 2.24) is 9.88 Å². The maximum Gasteiger partial charge on any atom is 0.119 e. The van der Waals surface area contributed by atoms with E-state index in [1.165, 1.54) is 48.7 Å². The summed E-state index contributed by atoms with van der Waals surface area (Å²) < 4.78 is 11.1. The van der Waals surface area contributed by atoms with Gasteiger partial charge in [0.1, 0.15) is 5.75 Å². The first-order valence-electron chi connectivity index (χ1n) is 8.82. The molecule has 1 aromatic carbocycles. The predicted molar refractivity (Wildman–Crippen MR) is 92.1 cm³/mol. The van der Waals surface area contributed by atoms with Gasteiger partial charge in [0.2, 0.25) is 0 Å². The van der Waals surface area contributed by atoms with Crippen LogP contribution in [-0.2, 0) is 11.2 Å². The van der Waals surface area contributed by atoms with Gasteiger partial charge in [0.25, 0.3) is 0 Å². The lowest BCUT2D eigenvalue weighted by atomic mass is 10.0. The number of ether oxygens (including phenoxy) is 2. The lowest BCUT2D eigenvalue weighted by Gasteiger charge is -2.35. The quantitative estimate of drug-likeness (QED) is 0.940. The summed E-state index contributed by atoms with van der Waals surface area (Å²) in [5.74, 6) is 0.933. The Morgan fingerprint density at radius 3 is 3.09 bits per heavy atom. The number of aromatic nitrogens is 1. The molecule has 2 aliphatic heterocycles. The Labute approximate surface area is 137 Å². The van der Waals surface area contributed by atoms with Crippen LogP contribution in [0.4, 0.5) is 0 Å². The second-order valence-electron chi connectivity index (χ2n) is 6.83. The van der Waals surface area contributed by atoms with Crippen LogP contribution < -0.4 is 4.74 Å². The van der Waals surface area contributed by atoms with Crippen molar-refractivity contribution in [1.29, 1.82) is 0 Å². The molecule has 0 saturated carbocycles. The summed E-state index contributed by atoms with van der Waals surface area (Å²) >= 11 is 0. The summed E-state index contributed by atoms with van der Waals surface area (Å²) in [5, 5.41) is 1.30. The zero-order valence-corrected chi connectivity index (χ0v) is 13.9. The van der Waals surface area contributed by atoms with Gasteiger partial charge in [-0.25, -0.2) is 0 Å². The Kier molecular flexibility index (Phi) is 4.27. The van der Waals surface area contributed by atoms with Crippen LogP contribution in [0.15, 0.2) is 24.4 Å². The molecule has 3 heterocycles. The first-order valence-corrected chi connectivity index (χ1v) is 8.82. The fourth-order valence-electron chi connectivity index (χ4n) is 4.25. The minimum atomic E-state index is 0.621. The zero-order valence-electron chi connectivity index (χ0n) is 13.9. The normalized spacial score (nSPS) is 26.0. The number of nitrogens with zero attached hydrogens (tertiary/aromatic N) is 1. The number of aromatic amines is 1. The van der Waals surface area contributed by atoms with Gasteiger partial charge >= 0.3 is 0 Å². The molecule has 2 saturated heterocycles. The number of hydrogen-bond donors (Lipinski definition) is 1. The van der Waals surface area contributed by atoms with Crippen LogP contribution in [-0.4, -0.2) is 48.8 Å². The van der Waals surface area contributed by atoms with E-state index in [0.717, 1.165) is 25.4 Å². The maximum atomic E-state index is 5.71. The molecule has 2 aliphatic rings. The van der Waals surface area contributed by atoms with Crippen LogP contribution in [0, 0.1) is 0 Å². The number of benzene rings is 1. The molecular formula is C19H26N2O2. The summed E-state index contributed by atoms with van der Waals surface area (Å²) in [4.78, 5) is 6.12. The van der Waals surface area contributed by atoms with Crippen molar-refractivity contribution in [3.05, 3.63) is 30.0 Å². The average molecular weight is 314 g/mol. The van der Waals surface area contributed by atoms with E-state index in [0.29, 0.717) is 12.1 Å². The Morgan fingerprint density at radius 2 is 2.26 bits per heavy atom. The smallest absolute Gasteiger partial charge is 0.119 e. The van der Waals surface area contributed by atoms with Gasteiger partial charge in [-0.1, -0.05) is 0 Å². The van der Waals surface area contributed by atoms with E-state index in [4.69, 9.17) is 9.47 Å². The number of nitrogens with one attached hydrogen (secondary N) is 1. The molecule has 2 atom stereocenters. The number of hydrogen-bond acceptors (Lipinski definition) is 3. The van der Waals surface area contributed by atoms with Crippen LogP contribution in [0.5, 0.6) is 5.75 Å². The number of likely N-dealkylation sites (tertiary alicyclic amines) is 1. The van der Waals surface area contributed by atoms with E-state index in [1.807, 2.05) is 6.07 Å². The predicted octanol–water partition coefficient (Wildman–Crippen LogP) is 3.36. The van der Waals surface area contributed by atoms with Crippen LogP contribution in [0.1, 0.15) is 31.2 Å². The van der Waals surface area contributed by atoms with Crippen LogP contribution in [0.2, 0.25) is 0 Å². The Hall–Kier alpha value is -1.52. The fourth-order valence-corrected chi connectivity index (χ4v) is 4.25. The van der Waals surface area contributed by atoms with Gasteiger partial charge in [-0.2, -0.15) is 0 Å². The van der Waals surface area contributed by atoms with Crippen molar-refractivity contribution in [2.45, 2.75) is 44.2 Å². The second-order valence-corrected chi connectivity index (χ2v) is 6.83. The Bertz CT molecular complexity index is 660. The van der Waals surface area contributed by atoms with Gasteiger partial charge in [-0.05, 0) is 62.4 Å². The molecule has 1 N–H and O–H groups in total. The molecule has 0 aliphatic carbocycles. The molecule has 124 valence electrons. The first-order chi connectivity index (χ1) is 11.3. The zero-order chi connectivity index (χ0) is 15.6. The molecule has 0 spiro atoms. The molecule has 0 unspecified atom stereocenters. The number of fused-ring (bicyclic) bond motifs is 1. The molecule has 4 rings (SSSR count). The highest BCUT2D eigenvalue weighted by atomic mass is 16.5. The standard InChI is InChI=1S/C19H26N2O2/c1-22-17-6-7-19-18(11-17)14(12-20-19)10-15-4-2-8-21(15)16-5-3-9-23-13-16/h6-7,11-12,15-16,20H,2-5,8-10,13H2,1H3/t15-,16+/m1/s1. The summed E-state index contributed by atoms with van der Waals surface area (Å²) in [6, 6.07) is 7.55. The highest BCUT2D eigenvalue weighted by Crippen LogP contribution is 2.30. The number of methoxy groups -OCH3 is 1. The molecular weight excluding hydrogens is 288 g/mol. The molecule has 1 aromatic heterocycles. The van der Waals surface area contributed by atoms with E-state index in [9.17, 15) is 0 Å². The van der Waals surface area contributed by atoms with Crippen LogP contribution >= 0.6 is 0 Å². The van der Waals surface area contributed by atoms with E-state index in [-0.39, 0.29) is 0 Å². The second kappa shape index (κ2) is 6.54. The molecule has 23 heavy (non-hydrogen) atoms. The molecule has 0 amide bonds. The van der Waals surface area contributed by atoms with Crippen LogP contribution in [0.25, 0.3) is 10.9 Å². The van der Waals surface area contributed by atoms with Gasteiger partial charge in [-0.3, -0.25) is 4.90 Å². The maximum absolute atomic E-state index is 5.71. The summed E-state index contributed by atoms with van der Waals surface area (Å²) in [7, 11) is 1.73. The van der Waals surface area contributed by atoms with Crippen molar-refractivity contribution in [3.63, 3.8) is 0 Å². The minimum absolute atomic E-state index is 0.621. The lowest BCUT2D eigenvalue weighted by Crippen LogP contribution is -2.44. The molecule has 2 fully saturated rings. The summed E-state index contributed by atoms with van der Waals surface area (Å²) in [6.45, 7) is 3.08. The van der Waals surface area contributed by atoms with E-state index in [1.54, 1.807) is 7.11 Å². The van der Waals surface area contributed by atoms with Crippen molar-refractivity contribution < 1.29 is 9.47 Å². The van der Waals surface area contributed by atoms with Gasteiger partial charge in [0.15, 0.2) is 0 Å². The van der Waals surface area contributed by atoms with Crippen molar-refractivity contribution in [3.8, 4) is 5.75 Å². The molecule has 2 aromatic rings. The topological polar surface area (TPSA) is 37.5 Å². The highest BCUT2D eigenvalue weighted by molar-refractivity contribution is 5.84. The monoisotopic (exact) mass is 314 g/mol. The third-order valence-electron chi connectivity index (χ3n) is 5.46. The van der Waals surface area contributed by atoms with Gasteiger partial charge in [0, 0.05) is 35.8 Å². The average Bonchev–Trinajstić information content (AvgIpc) is 3.23. The Morgan fingerprint density at radius 1 is 1.30 bits per heavy atom. The fraction of sp³-hybridized carbons (Fsp3) is 0.579. The Balaban J connectivity index is 1.54. The molecule has 0 bridgehead atoms. The SMILES string of the molecule is COc1ccc2[nH]cc(C[C@H]3CCCN3[C@H]3CCCOC3)c2c1. The van der Waals surface area contributed by atoms with E-state index < -0.39 is 0 Å². The van der Waals surface area contributed by atoms with Crippen molar-refractivity contribution in [2.75, 3.05) is 26.9 Å². The van der Waals surface area contributed by atoms with Crippen molar-refractivity contribution >= 4 is 10.9 Å². The van der Waals surface area contributed by atoms with Gasteiger partial charge in [0.05, 0.1) is 13.7 Å². The number of H-pyrrole nitrogens is 1. The molecule has 0 radical (unpaired) electrons. The van der Waals surface area contributed by atoms with Crippen LogP contribution in [0.3, 0.4) is 0 Å². The van der Waals surface area contributed by atoms with Gasteiger partial charge in [-0.15, -0.1) is 0 Å². The minimum Gasteiger partial charge on any atom is -0.497 e. The third kappa shape index (κ3) is 2.98. The first kappa shape index (κ1) is 15.0. The third-order valence-corrected chi connectivity index (χ3v) is 5.46. The van der Waals surface area contributed by atoms with Gasteiger partial charge < -0.3 is 14.5 Å². The largest absolute Gasteiger partial charge is 0.497 e. The number of rotatable bonds is 4. The lowest BCUT2D eigenvalue weighted by molar-refractivity contribution is 0.0129. The van der Waals surface area contributed by atoms with Crippen molar-refractivity contribution in [2.24, 2.45) is 0 Å². The molecule has 4 nitrogen and oxygen atoms in total.